The minimum Gasteiger partial charge on any atom is -0.394 e. The predicted molar refractivity (Wildman–Crippen MR) is 140 cm³/mol. The zero-order valence-electron chi connectivity index (χ0n) is 23.3. The first-order valence-electron chi connectivity index (χ1n) is 14.6. The van der Waals surface area contributed by atoms with Crippen molar-refractivity contribution in [3.63, 3.8) is 0 Å². The summed E-state index contributed by atoms with van der Waals surface area (Å²) in [7, 11) is 0. The van der Waals surface area contributed by atoms with E-state index in [1.54, 1.807) is 5.57 Å². The Kier molecular flexibility index (Phi) is 7.20. The number of aliphatic hydroxyl groups is 3. The maximum Gasteiger partial charge on any atom is 0.0869 e. The Morgan fingerprint density at radius 3 is 2.24 bits per heavy atom. The number of hydrogen-bond acceptors (Lipinski definition) is 3. The molecule has 0 aromatic carbocycles. The minimum absolute atomic E-state index is 0.0537. The number of fused-ring (bicyclic) bond motifs is 4. The second-order valence-electron chi connectivity index (χ2n) is 14.4. The molecule has 8 atom stereocenters. The summed E-state index contributed by atoms with van der Waals surface area (Å²) in [5.74, 6) is 2.53. The highest BCUT2D eigenvalue weighted by atomic mass is 16.3. The van der Waals surface area contributed by atoms with Crippen LogP contribution in [0.25, 0.3) is 0 Å². The molecule has 0 aliphatic heterocycles. The van der Waals surface area contributed by atoms with Crippen molar-refractivity contribution in [2.45, 2.75) is 131 Å². The number of rotatable bonds is 7. The summed E-state index contributed by atoms with van der Waals surface area (Å²) in [6.07, 6.45) is 11.5. The largest absolute Gasteiger partial charge is 0.394 e. The van der Waals surface area contributed by atoms with Crippen molar-refractivity contribution in [1.82, 2.24) is 0 Å². The second kappa shape index (κ2) is 9.18. The molecule has 4 aliphatic rings. The molecule has 0 amide bonds. The fourth-order valence-corrected chi connectivity index (χ4v) is 10.3. The summed E-state index contributed by atoms with van der Waals surface area (Å²) in [6, 6.07) is 0. The van der Waals surface area contributed by atoms with Crippen molar-refractivity contribution in [2.75, 3.05) is 6.61 Å². The highest BCUT2D eigenvalue weighted by Crippen LogP contribution is 2.73. The third-order valence-corrected chi connectivity index (χ3v) is 12.2. The van der Waals surface area contributed by atoms with Crippen molar-refractivity contribution in [3.05, 3.63) is 11.1 Å². The van der Waals surface area contributed by atoms with E-state index in [0.717, 1.165) is 50.9 Å². The summed E-state index contributed by atoms with van der Waals surface area (Å²) >= 11 is 0. The van der Waals surface area contributed by atoms with Gasteiger partial charge in [0.15, 0.2) is 0 Å². The Morgan fingerprint density at radius 2 is 1.59 bits per heavy atom. The predicted octanol–water partition coefficient (Wildman–Crippen LogP) is 6.89. The first kappa shape index (κ1) is 26.7. The van der Waals surface area contributed by atoms with E-state index in [-0.39, 0.29) is 34.4 Å². The molecule has 2 fully saturated rings. The van der Waals surface area contributed by atoms with Crippen LogP contribution < -0.4 is 0 Å². The van der Waals surface area contributed by atoms with Gasteiger partial charge in [0.2, 0.25) is 0 Å². The molecule has 0 saturated heterocycles. The van der Waals surface area contributed by atoms with Gasteiger partial charge >= 0.3 is 0 Å². The molecule has 0 radical (unpaired) electrons. The minimum atomic E-state index is -0.669. The Hall–Kier alpha value is -0.380. The smallest absolute Gasteiger partial charge is 0.0869 e. The van der Waals surface area contributed by atoms with Crippen molar-refractivity contribution in [1.29, 1.82) is 0 Å². The molecule has 0 bridgehead atoms. The number of hydrogen-bond donors (Lipinski definition) is 3. The Bertz CT molecular complexity index is 784. The molecular weight excluding hydrogens is 420 g/mol. The molecule has 34 heavy (non-hydrogen) atoms. The zero-order valence-corrected chi connectivity index (χ0v) is 23.3. The van der Waals surface area contributed by atoms with Crippen molar-refractivity contribution < 1.29 is 15.3 Å². The molecule has 4 aliphatic carbocycles. The highest BCUT2D eigenvalue weighted by Gasteiger charge is 2.67. The first-order chi connectivity index (χ1) is 15.9. The van der Waals surface area contributed by atoms with Gasteiger partial charge in [-0.25, -0.2) is 0 Å². The van der Waals surface area contributed by atoms with Crippen molar-refractivity contribution in [2.24, 2.45) is 45.3 Å². The summed E-state index contributed by atoms with van der Waals surface area (Å²) in [5, 5.41) is 32.8. The van der Waals surface area contributed by atoms with Gasteiger partial charge in [0, 0.05) is 5.41 Å². The Morgan fingerprint density at radius 1 is 0.882 bits per heavy atom. The van der Waals surface area contributed by atoms with Gasteiger partial charge in [0.1, 0.15) is 0 Å². The molecular formula is C31H54O3. The van der Waals surface area contributed by atoms with E-state index in [0.29, 0.717) is 17.8 Å². The molecule has 196 valence electrons. The van der Waals surface area contributed by atoms with Crippen LogP contribution in [-0.4, -0.2) is 34.1 Å². The van der Waals surface area contributed by atoms with E-state index >= 15 is 0 Å². The van der Waals surface area contributed by atoms with Crippen LogP contribution in [0.15, 0.2) is 11.1 Å². The van der Waals surface area contributed by atoms with Crippen LogP contribution in [0.4, 0.5) is 0 Å². The molecule has 1 unspecified atom stereocenters. The first-order valence-corrected chi connectivity index (χ1v) is 14.6. The van der Waals surface area contributed by atoms with Gasteiger partial charge < -0.3 is 15.3 Å². The molecule has 3 nitrogen and oxygen atoms in total. The normalized spacial score (nSPS) is 43.3. The van der Waals surface area contributed by atoms with Gasteiger partial charge in [-0.1, -0.05) is 78.9 Å². The van der Waals surface area contributed by atoms with Crippen LogP contribution in [0, 0.1) is 45.3 Å². The van der Waals surface area contributed by atoms with E-state index in [1.807, 2.05) is 0 Å². The highest BCUT2D eigenvalue weighted by molar-refractivity contribution is 5.40. The van der Waals surface area contributed by atoms with Crippen LogP contribution >= 0.6 is 0 Å². The van der Waals surface area contributed by atoms with Crippen LogP contribution in [0.1, 0.15) is 119 Å². The van der Waals surface area contributed by atoms with E-state index in [9.17, 15) is 15.3 Å². The van der Waals surface area contributed by atoms with Gasteiger partial charge in [-0.05, 0) is 91.3 Å². The standard InChI is InChI=1S/C31H54O3/c1-20(2)9-8-10-21(3)22-14-18-31(27(34)19-32)24-11-12-25-28(4,5)26(33)15-16-29(25,6)23(24)13-17-30(22,31)7/h20-22,25-27,32-34H,8-19H2,1-7H3/t21-,22-,25+,26+,27?,29-,30-,31+/m1/s1. The quantitative estimate of drug-likeness (QED) is 0.352. The van der Waals surface area contributed by atoms with Crippen molar-refractivity contribution in [3.8, 4) is 0 Å². The number of allylic oxidation sites excluding steroid dienone is 1. The summed E-state index contributed by atoms with van der Waals surface area (Å²) in [5.41, 5.74) is 2.96. The maximum atomic E-state index is 11.6. The van der Waals surface area contributed by atoms with Gasteiger partial charge in [-0.3, -0.25) is 0 Å². The Labute approximate surface area is 209 Å². The fraction of sp³-hybridized carbons (Fsp3) is 0.935. The molecule has 0 aromatic heterocycles. The lowest BCUT2D eigenvalue weighted by molar-refractivity contribution is -0.114. The summed E-state index contributed by atoms with van der Waals surface area (Å²) in [4.78, 5) is 0. The van der Waals surface area contributed by atoms with Gasteiger partial charge in [-0.15, -0.1) is 0 Å². The van der Waals surface area contributed by atoms with E-state index in [1.165, 1.54) is 31.3 Å². The van der Waals surface area contributed by atoms with E-state index in [2.05, 4.69) is 48.5 Å². The zero-order chi connectivity index (χ0) is 25.1. The monoisotopic (exact) mass is 474 g/mol. The van der Waals surface area contributed by atoms with Crippen LogP contribution in [0.5, 0.6) is 0 Å². The molecule has 2 saturated carbocycles. The van der Waals surface area contributed by atoms with Gasteiger partial charge in [0.25, 0.3) is 0 Å². The molecule has 3 N–H and O–H groups in total. The average Bonchev–Trinajstić information content (AvgIpc) is 3.10. The van der Waals surface area contributed by atoms with Gasteiger partial charge in [0.05, 0.1) is 18.8 Å². The lowest BCUT2D eigenvalue weighted by Crippen LogP contribution is -2.58. The molecule has 0 heterocycles. The van der Waals surface area contributed by atoms with Crippen LogP contribution in [-0.2, 0) is 0 Å². The van der Waals surface area contributed by atoms with E-state index < -0.39 is 6.10 Å². The topological polar surface area (TPSA) is 60.7 Å². The molecule has 0 spiro atoms. The third kappa shape index (κ3) is 3.69. The lowest BCUT2D eigenvalue weighted by atomic mass is 9.42. The summed E-state index contributed by atoms with van der Waals surface area (Å²) < 4.78 is 0. The van der Waals surface area contributed by atoms with Crippen LogP contribution in [0.3, 0.4) is 0 Å². The molecule has 3 heteroatoms. The van der Waals surface area contributed by atoms with Crippen molar-refractivity contribution >= 4 is 0 Å². The van der Waals surface area contributed by atoms with Gasteiger partial charge in [-0.2, -0.15) is 0 Å². The SMILES string of the molecule is CC(C)CCC[C@@H](C)[C@H]1CC[C@@]2(C(O)CO)C3=C(CC[C@]12C)[C@@]1(C)CC[C@H](O)C(C)(C)[C@@H]1CC3. The molecule has 4 rings (SSSR count). The third-order valence-electron chi connectivity index (χ3n) is 12.2. The van der Waals surface area contributed by atoms with E-state index in [4.69, 9.17) is 0 Å². The maximum absolute atomic E-state index is 11.6. The molecule has 0 aromatic rings. The summed E-state index contributed by atoms with van der Waals surface area (Å²) in [6.45, 7) is 16.5. The average molecular weight is 475 g/mol. The lowest BCUT2D eigenvalue weighted by Gasteiger charge is -2.63. The Balaban J connectivity index is 1.73. The number of aliphatic hydroxyl groups excluding tert-OH is 3. The fourth-order valence-electron chi connectivity index (χ4n) is 10.3. The second-order valence-corrected chi connectivity index (χ2v) is 14.4. The van der Waals surface area contributed by atoms with Crippen LogP contribution in [0.2, 0.25) is 0 Å².